The second-order valence-electron chi connectivity index (χ2n) is 6.46. The van der Waals surface area contributed by atoms with E-state index in [2.05, 4.69) is 15.0 Å². The van der Waals surface area contributed by atoms with Gasteiger partial charge < -0.3 is 10.3 Å². The SMILES string of the molecule is O=C(Nc1cccc2[nH]ccc12)c1ccc(NS(=O)(=O)c2cc(Cl)ccc2Cl)cc1. The quantitative estimate of drug-likeness (QED) is 0.366. The summed E-state index contributed by atoms with van der Waals surface area (Å²) in [5.41, 5.74) is 2.26. The normalized spacial score (nSPS) is 11.4. The van der Waals surface area contributed by atoms with Crippen LogP contribution in [0.2, 0.25) is 10.0 Å². The number of carbonyl (C=O) groups excluding carboxylic acids is 1. The molecule has 0 atom stereocenters. The van der Waals surface area contributed by atoms with Crippen LogP contribution in [0.15, 0.2) is 77.8 Å². The highest BCUT2D eigenvalue weighted by Gasteiger charge is 2.19. The molecule has 0 aliphatic carbocycles. The smallest absolute Gasteiger partial charge is 0.263 e. The Morgan fingerprint density at radius 2 is 1.70 bits per heavy atom. The van der Waals surface area contributed by atoms with Gasteiger partial charge in [0.1, 0.15) is 4.90 Å². The van der Waals surface area contributed by atoms with Crippen molar-refractivity contribution in [2.45, 2.75) is 4.90 Å². The first-order chi connectivity index (χ1) is 14.3. The number of rotatable bonds is 5. The molecule has 0 saturated heterocycles. The van der Waals surface area contributed by atoms with Crippen LogP contribution in [0.3, 0.4) is 0 Å². The second kappa shape index (κ2) is 8.02. The maximum atomic E-state index is 12.6. The molecule has 0 fully saturated rings. The topological polar surface area (TPSA) is 91.1 Å². The van der Waals surface area contributed by atoms with Crippen molar-refractivity contribution in [2.24, 2.45) is 0 Å². The van der Waals surface area contributed by atoms with Crippen LogP contribution >= 0.6 is 23.2 Å². The number of benzene rings is 3. The lowest BCUT2D eigenvalue weighted by atomic mass is 10.1. The number of amides is 1. The van der Waals surface area contributed by atoms with Gasteiger partial charge in [0.25, 0.3) is 15.9 Å². The minimum absolute atomic E-state index is 0.0573. The van der Waals surface area contributed by atoms with Crippen molar-refractivity contribution in [1.82, 2.24) is 4.98 Å². The van der Waals surface area contributed by atoms with Crippen LogP contribution in [-0.2, 0) is 10.0 Å². The standard InChI is InChI=1S/C21H15Cl2N3O3S/c22-14-6-9-17(23)20(12-14)30(28,29)26-15-7-4-13(5-8-15)21(27)25-19-3-1-2-18-16(19)10-11-24-18/h1-12,24,26H,(H,25,27). The monoisotopic (exact) mass is 459 g/mol. The number of hydrogen-bond donors (Lipinski definition) is 3. The van der Waals surface area contributed by atoms with Crippen LogP contribution in [0.5, 0.6) is 0 Å². The van der Waals surface area contributed by atoms with Gasteiger partial charge in [0.15, 0.2) is 0 Å². The molecule has 1 heterocycles. The highest BCUT2D eigenvalue weighted by atomic mass is 35.5. The van der Waals surface area contributed by atoms with Gasteiger partial charge in [-0.1, -0.05) is 29.3 Å². The lowest BCUT2D eigenvalue weighted by Gasteiger charge is -2.11. The summed E-state index contributed by atoms with van der Waals surface area (Å²) in [4.78, 5) is 15.5. The number of aromatic amines is 1. The molecule has 30 heavy (non-hydrogen) atoms. The van der Waals surface area contributed by atoms with Crippen molar-refractivity contribution < 1.29 is 13.2 Å². The molecule has 0 aliphatic heterocycles. The summed E-state index contributed by atoms with van der Waals surface area (Å²) in [7, 11) is -3.94. The molecule has 4 aromatic rings. The lowest BCUT2D eigenvalue weighted by molar-refractivity contribution is 0.102. The molecule has 0 radical (unpaired) electrons. The Bertz CT molecular complexity index is 1350. The molecule has 3 aromatic carbocycles. The van der Waals surface area contributed by atoms with Crippen molar-refractivity contribution in [1.29, 1.82) is 0 Å². The number of carbonyl (C=O) groups is 1. The van der Waals surface area contributed by atoms with E-state index in [1.165, 1.54) is 42.5 Å². The van der Waals surface area contributed by atoms with Crippen molar-refractivity contribution in [2.75, 3.05) is 10.0 Å². The minimum atomic E-state index is -3.94. The highest BCUT2D eigenvalue weighted by molar-refractivity contribution is 7.92. The molecule has 0 aliphatic rings. The van der Waals surface area contributed by atoms with Crippen LogP contribution < -0.4 is 10.0 Å². The van der Waals surface area contributed by atoms with E-state index in [1.54, 1.807) is 6.20 Å². The van der Waals surface area contributed by atoms with E-state index in [0.717, 1.165) is 10.9 Å². The van der Waals surface area contributed by atoms with Crippen molar-refractivity contribution in [3.8, 4) is 0 Å². The van der Waals surface area contributed by atoms with Gasteiger partial charge in [0.2, 0.25) is 0 Å². The third-order valence-corrected chi connectivity index (χ3v) is 6.52. The van der Waals surface area contributed by atoms with Crippen molar-refractivity contribution >= 4 is 61.4 Å². The number of aromatic nitrogens is 1. The van der Waals surface area contributed by atoms with Crippen LogP contribution in [0.4, 0.5) is 11.4 Å². The number of halogens is 2. The van der Waals surface area contributed by atoms with Crippen LogP contribution in [0.1, 0.15) is 10.4 Å². The fourth-order valence-corrected chi connectivity index (χ4v) is 4.79. The summed E-state index contributed by atoms with van der Waals surface area (Å²) in [6.07, 6.45) is 1.80. The predicted molar refractivity (Wildman–Crippen MR) is 120 cm³/mol. The number of H-pyrrole nitrogens is 1. The van der Waals surface area contributed by atoms with Gasteiger partial charge in [-0.25, -0.2) is 8.42 Å². The van der Waals surface area contributed by atoms with E-state index in [4.69, 9.17) is 23.2 Å². The fourth-order valence-electron chi connectivity index (χ4n) is 2.97. The van der Waals surface area contributed by atoms with Gasteiger partial charge in [-0.3, -0.25) is 9.52 Å². The van der Waals surface area contributed by atoms with Gasteiger partial charge in [-0.2, -0.15) is 0 Å². The Hall–Kier alpha value is -3.00. The summed E-state index contributed by atoms with van der Waals surface area (Å²) >= 11 is 11.9. The molecule has 0 bridgehead atoms. The number of sulfonamides is 1. The molecule has 3 N–H and O–H groups in total. The van der Waals surface area contributed by atoms with Crippen molar-refractivity contribution in [3.63, 3.8) is 0 Å². The molecule has 1 amide bonds. The van der Waals surface area contributed by atoms with Crippen LogP contribution in [0, 0.1) is 0 Å². The van der Waals surface area contributed by atoms with E-state index < -0.39 is 10.0 Å². The van der Waals surface area contributed by atoms with Crippen LogP contribution in [-0.4, -0.2) is 19.3 Å². The zero-order valence-corrected chi connectivity index (χ0v) is 17.6. The molecule has 6 nitrogen and oxygen atoms in total. The van der Waals surface area contributed by atoms with Crippen molar-refractivity contribution in [3.05, 3.63) is 88.5 Å². The Balaban J connectivity index is 1.52. The highest BCUT2D eigenvalue weighted by Crippen LogP contribution is 2.27. The van der Waals surface area contributed by atoms with E-state index in [0.29, 0.717) is 11.3 Å². The van der Waals surface area contributed by atoms with Gasteiger partial charge in [-0.15, -0.1) is 0 Å². The van der Waals surface area contributed by atoms with Gasteiger partial charge in [0, 0.05) is 33.4 Å². The first-order valence-corrected chi connectivity index (χ1v) is 11.0. The molecular weight excluding hydrogens is 445 g/mol. The molecular formula is C21H15Cl2N3O3S. The lowest BCUT2D eigenvalue weighted by Crippen LogP contribution is -2.14. The average molecular weight is 460 g/mol. The maximum Gasteiger partial charge on any atom is 0.263 e. The summed E-state index contributed by atoms with van der Waals surface area (Å²) < 4.78 is 27.6. The van der Waals surface area contributed by atoms with Gasteiger partial charge in [0.05, 0.1) is 10.7 Å². The summed E-state index contributed by atoms with van der Waals surface area (Å²) in [5, 5.41) is 4.07. The Morgan fingerprint density at radius 1 is 0.933 bits per heavy atom. The van der Waals surface area contributed by atoms with E-state index in [1.807, 2.05) is 24.3 Å². The first-order valence-electron chi connectivity index (χ1n) is 8.79. The molecule has 9 heteroatoms. The zero-order valence-electron chi connectivity index (χ0n) is 15.3. The van der Waals surface area contributed by atoms with Gasteiger partial charge >= 0.3 is 0 Å². The van der Waals surface area contributed by atoms with Gasteiger partial charge in [-0.05, 0) is 60.7 Å². The fraction of sp³-hybridized carbons (Fsp3) is 0. The van der Waals surface area contributed by atoms with E-state index in [-0.39, 0.29) is 26.5 Å². The summed E-state index contributed by atoms with van der Waals surface area (Å²) in [6, 6.07) is 17.7. The van der Waals surface area contributed by atoms with Crippen LogP contribution in [0.25, 0.3) is 10.9 Å². The zero-order chi connectivity index (χ0) is 21.3. The maximum absolute atomic E-state index is 12.6. The predicted octanol–water partition coefficient (Wildman–Crippen LogP) is 5.53. The summed E-state index contributed by atoms with van der Waals surface area (Å²) in [6.45, 7) is 0. The average Bonchev–Trinajstić information content (AvgIpc) is 3.20. The number of fused-ring (bicyclic) bond motifs is 1. The molecule has 0 saturated carbocycles. The largest absolute Gasteiger partial charge is 0.361 e. The molecule has 0 unspecified atom stereocenters. The first kappa shape index (κ1) is 20.3. The minimum Gasteiger partial charge on any atom is -0.361 e. The number of nitrogens with one attached hydrogen (secondary N) is 3. The third kappa shape index (κ3) is 4.14. The molecule has 0 spiro atoms. The second-order valence-corrected chi connectivity index (χ2v) is 8.95. The number of anilines is 2. The number of hydrogen-bond acceptors (Lipinski definition) is 3. The molecule has 1 aromatic heterocycles. The molecule has 4 rings (SSSR count). The summed E-state index contributed by atoms with van der Waals surface area (Å²) in [5.74, 6) is -0.309. The molecule has 152 valence electrons. The third-order valence-electron chi connectivity index (χ3n) is 4.43. The Morgan fingerprint density at radius 3 is 2.47 bits per heavy atom. The Kier molecular flexibility index (Phi) is 5.42. The van der Waals surface area contributed by atoms with E-state index >= 15 is 0 Å². The Labute approximate surface area is 182 Å². The van der Waals surface area contributed by atoms with E-state index in [9.17, 15) is 13.2 Å².